The predicted molar refractivity (Wildman–Crippen MR) is 191 cm³/mol. The van der Waals surface area contributed by atoms with Crippen molar-refractivity contribution in [1.29, 1.82) is 0 Å². The van der Waals surface area contributed by atoms with Crippen molar-refractivity contribution in [2.24, 2.45) is 5.92 Å². The molecule has 0 fully saturated rings. The molecule has 3 nitrogen and oxygen atoms in total. The van der Waals surface area contributed by atoms with Gasteiger partial charge < -0.3 is 14.4 Å². The molecule has 0 atom stereocenters. The standard InChI is InChI=1S/C23H13FNO.C18H24NSi.Ir/c24-20-9-2-1-6-16(20)15-11-12-17-18-7-5-8-19(21-10-3-4-13-25-21)23(18)26-22(17)14-15;1-14(2)11-16-12-17(15-9-7-6-8-10-15)19-13-18(16)20(3,4)5;/h1-7,9-14H;6-9,12-14H,11H2,1-5H3;/q2*-1;. The van der Waals surface area contributed by atoms with Crippen LogP contribution in [0.3, 0.4) is 0 Å². The number of halogens is 1. The van der Waals surface area contributed by atoms with Gasteiger partial charge in [0, 0.05) is 43.4 Å². The summed E-state index contributed by atoms with van der Waals surface area (Å²) in [4.78, 5) is 9.09. The van der Waals surface area contributed by atoms with E-state index < -0.39 is 8.07 Å². The molecule has 7 rings (SSSR count). The number of fused-ring (bicyclic) bond motifs is 3. The molecule has 6 heteroatoms. The van der Waals surface area contributed by atoms with Gasteiger partial charge in [0.15, 0.2) is 0 Å². The zero-order chi connectivity index (χ0) is 32.3. The van der Waals surface area contributed by atoms with Gasteiger partial charge in [0.1, 0.15) is 11.4 Å². The van der Waals surface area contributed by atoms with Crippen LogP contribution in [0, 0.1) is 23.9 Å². The first-order valence-corrected chi connectivity index (χ1v) is 19.2. The molecule has 4 aromatic carbocycles. The monoisotopic (exact) mass is 813 g/mol. The van der Waals surface area contributed by atoms with Gasteiger partial charge in [-0.05, 0) is 52.7 Å². The summed E-state index contributed by atoms with van der Waals surface area (Å²) in [5, 5.41) is 3.48. The summed E-state index contributed by atoms with van der Waals surface area (Å²) in [5.74, 6) is 0.422. The van der Waals surface area contributed by atoms with Gasteiger partial charge in [0.25, 0.3) is 0 Å². The molecule has 0 N–H and O–H groups in total. The van der Waals surface area contributed by atoms with Crippen molar-refractivity contribution in [3.8, 4) is 33.6 Å². The average molecular weight is 813 g/mol. The number of hydrogen-bond donors (Lipinski definition) is 0. The average Bonchev–Trinajstić information content (AvgIpc) is 3.43. The Balaban J connectivity index is 0.000000188. The minimum atomic E-state index is -1.34. The normalized spacial score (nSPS) is 11.3. The third-order valence-corrected chi connectivity index (χ3v) is 10.0. The van der Waals surface area contributed by atoms with Crippen LogP contribution in [0.1, 0.15) is 19.4 Å². The Morgan fingerprint density at radius 1 is 0.787 bits per heavy atom. The maximum absolute atomic E-state index is 14.1. The molecule has 0 spiro atoms. The van der Waals surface area contributed by atoms with Crippen molar-refractivity contribution in [1.82, 2.24) is 9.97 Å². The van der Waals surface area contributed by atoms with E-state index in [9.17, 15) is 4.39 Å². The smallest absolute Gasteiger partial charge is 0.131 e. The fraction of sp³-hybridized carbons (Fsp3) is 0.171. The third-order valence-electron chi connectivity index (χ3n) is 7.95. The van der Waals surface area contributed by atoms with E-state index in [1.165, 1.54) is 16.8 Å². The predicted octanol–water partition coefficient (Wildman–Crippen LogP) is 10.5. The zero-order valence-corrected chi connectivity index (χ0v) is 30.7. The summed E-state index contributed by atoms with van der Waals surface area (Å²) in [6.45, 7) is 11.7. The molecular formula is C41H37FIrN2OSi-2. The largest absolute Gasteiger partial charge is 0.501 e. The minimum Gasteiger partial charge on any atom is -0.501 e. The number of benzene rings is 4. The molecule has 0 aliphatic carbocycles. The molecule has 0 saturated carbocycles. The van der Waals surface area contributed by atoms with Crippen LogP contribution in [-0.4, -0.2) is 18.0 Å². The molecule has 0 amide bonds. The maximum Gasteiger partial charge on any atom is 0.131 e. The van der Waals surface area contributed by atoms with Crippen LogP contribution in [0.5, 0.6) is 0 Å². The van der Waals surface area contributed by atoms with Crippen LogP contribution in [0.4, 0.5) is 4.39 Å². The fourth-order valence-corrected chi connectivity index (χ4v) is 7.38. The van der Waals surface area contributed by atoms with Gasteiger partial charge >= 0.3 is 0 Å². The Labute approximate surface area is 291 Å². The first-order chi connectivity index (χ1) is 22.2. The quantitative estimate of drug-likeness (QED) is 0.124. The number of pyridine rings is 2. The molecule has 1 radical (unpaired) electrons. The Kier molecular flexibility index (Phi) is 10.7. The molecule has 0 aliphatic rings. The molecule has 47 heavy (non-hydrogen) atoms. The number of rotatable bonds is 6. The SMILES string of the molecule is CC(C)Cc1cc(-c2[c-]cccc2)ncc1[Si](C)(C)C.Fc1ccccc1-c1ccc2c(c1)oc1c(-c3ccccn3)[c-]ccc12.[Ir]. The second kappa shape index (κ2) is 14.7. The Morgan fingerprint density at radius 2 is 1.57 bits per heavy atom. The summed E-state index contributed by atoms with van der Waals surface area (Å²) >= 11 is 0. The zero-order valence-electron chi connectivity index (χ0n) is 27.3. The molecule has 0 saturated heterocycles. The van der Waals surface area contributed by atoms with Gasteiger partial charge in [0.2, 0.25) is 0 Å². The number of hydrogen-bond acceptors (Lipinski definition) is 3. The van der Waals surface area contributed by atoms with E-state index in [-0.39, 0.29) is 25.9 Å². The van der Waals surface area contributed by atoms with Crippen LogP contribution in [0.25, 0.3) is 55.6 Å². The molecule has 3 heterocycles. The van der Waals surface area contributed by atoms with Gasteiger partial charge in [0.05, 0.1) is 13.7 Å². The summed E-state index contributed by atoms with van der Waals surface area (Å²) in [6, 6.07) is 39.0. The van der Waals surface area contributed by atoms with Crippen molar-refractivity contribution in [2.45, 2.75) is 39.9 Å². The number of nitrogens with zero attached hydrogens (tertiary/aromatic N) is 2. The van der Waals surface area contributed by atoms with Gasteiger partial charge in [-0.15, -0.1) is 54.1 Å². The van der Waals surface area contributed by atoms with Crippen LogP contribution < -0.4 is 5.19 Å². The van der Waals surface area contributed by atoms with E-state index in [1.54, 1.807) is 18.3 Å². The summed E-state index contributed by atoms with van der Waals surface area (Å²) in [7, 11) is -1.34. The van der Waals surface area contributed by atoms with E-state index in [0.717, 1.165) is 56.4 Å². The first kappa shape index (κ1) is 34.1. The van der Waals surface area contributed by atoms with Crippen LogP contribution in [0.15, 0.2) is 120 Å². The van der Waals surface area contributed by atoms with Gasteiger partial charge in [-0.25, -0.2) is 4.39 Å². The molecular weight excluding hydrogens is 776 g/mol. The van der Waals surface area contributed by atoms with Crippen molar-refractivity contribution in [3.63, 3.8) is 0 Å². The van der Waals surface area contributed by atoms with E-state index in [1.807, 2.05) is 72.8 Å². The Hall–Kier alpha value is -4.22. The van der Waals surface area contributed by atoms with Crippen LogP contribution >= 0.6 is 0 Å². The topological polar surface area (TPSA) is 38.9 Å². The van der Waals surface area contributed by atoms with Crippen molar-refractivity contribution in [3.05, 3.63) is 139 Å². The minimum absolute atomic E-state index is 0. The Bertz CT molecular complexity index is 2100. The summed E-state index contributed by atoms with van der Waals surface area (Å²) < 4.78 is 20.3. The van der Waals surface area contributed by atoms with Gasteiger partial charge in [-0.3, -0.25) is 0 Å². The van der Waals surface area contributed by atoms with E-state index in [4.69, 9.17) is 4.42 Å². The number of furan rings is 1. The summed E-state index contributed by atoms with van der Waals surface area (Å²) in [5.41, 5.74) is 8.05. The second-order valence-electron chi connectivity index (χ2n) is 13.0. The van der Waals surface area contributed by atoms with Crippen LogP contribution in [0.2, 0.25) is 19.6 Å². The fourth-order valence-electron chi connectivity index (χ4n) is 5.79. The van der Waals surface area contributed by atoms with Crippen molar-refractivity contribution >= 4 is 35.2 Å². The molecule has 7 aromatic rings. The van der Waals surface area contributed by atoms with Crippen molar-refractivity contribution in [2.75, 3.05) is 0 Å². The molecule has 0 aliphatic heterocycles. The first-order valence-electron chi connectivity index (χ1n) is 15.7. The van der Waals surface area contributed by atoms with Crippen molar-refractivity contribution < 1.29 is 28.9 Å². The Morgan fingerprint density at radius 3 is 2.28 bits per heavy atom. The van der Waals surface area contributed by atoms with Gasteiger partial charge in [-0.2, -0.15) is 0 Å². The maximum atomic E-state index is 14.1. The summed E-state index contributed by atoms with van der Waals surface area (Å²) in [6.07, 6.45) is 4.99. The number of aromatic nitrogens is 2. The molecule has 239 valence electrons. The van der Waals surface area contributed by atoms with Gasteiger partial charge in [-0.1, -0.05) is 98.5 Å². The molecule has 0 unspecified atom stereocenters. The van der Waals surface area contributed by atoms with E-state index in [0.29, 0.717) is 11.5 Å². The van der Waals surface area contributed by atoms with E-state index in [2.05, 4.69) is 73.9 Å². The second-order valence-corrected chi connectivity index (χ2v) is 18.0. The van der Waals surface area contributed by atoms with Crippen LogP contribution in [-0.2, 0) is 26.5 Å². The molecule has 3 aromatic heterocycles. The van der Waals surface area contributed by atoms with E-state index >= 15 is 0 Å². The third kappa shape index (κ3) is 7.68. The molecule has 0 bridgehead atoms.